The van der Waals surface area contributed by atoms with E-state index in [0.717, 1.165) is 16.8 Å². The number of hydrogen-bond acceptors (Lipinski definition) is 3. The molecule has 1 aliphatic carbocycles. The average Bonchev–Trinajstić information content (AvgIpc) is 3.30. The Kier molecular flexibility index (Phi) is 3.99. The Bertz CT molecular complexity index is 708. The number of aromatic nitrogens is 1. The Morgan fingerprint density at radius 3 is 2.76 bits per heavy atom. The molecular formula is C16H17ClN2O2. The van der Waals surface area contributed by atoms with Crippen LogP contribution in [-0.2, 0) is 6.54 Å². The predicted molar refractivity (Wildman–Crippen MR) is 83.9 cm³/mol. The van der Waals surface area contributed by atoms with Crippen LogP contribution in [0.4, 0.5) is 0 Å². The Labute approximate surface area is 128 Å². The van der Waals surface area contributed by atoms with E-state index in [9.17, 15) is 4.79 Å². The van der Waals surface area contributed by atoms with Gasteiger partial charge in [0, 0.05) is 23.8 Å². The molecule has 2 N–H and O–H groups in total. The van der Waals surface area contributed by atoms with Gasteiger partial charge in [-0.25, -0.2) is 0 Å². The maximum Gasteiger partial charge on any atom is 0.252 e. The monoisotopic (exact) mass is 304 g/mol. The van der Waals surface area contributed by atoms with Crippen LogP contribution < -0.4 is 15.6 Å². The Morgan fingerprint density at radius 1 is 1.33 bits per heavy atom. The molecule has 0 radical (unpaired) electrons. The molecule has 1 saturated carbocycles. The molecule has 1 aromatic heterocycles. The first kappa shape index (κ1) is 14.2. The van der Waals surface area contributed by atoms with Gasteiger partial charge in [0.15, 0.2) is 0 Å². The van der Waals surface area contributed by atoms with Crippen LogP contribution in [0.25, 0.3) is 11.3 Å². The molecule has 0 bridgehead atoms. The molecule has 5 heteroatoms. The number of benzene rings is 1. The summed E-state index contributed by atoms with van der Waals surface area (Å²) in [5.74, 6) is 0.619. The van der Waals surface area contributed by atoms with Crippen molar-refractivity contribution in [1.29, 1.82) is 0 Å². The number of H-pyrrole nitrogens is 1. The number of methoxy groups -OCH3 is 1. The molecule has 2 aromatic rings. The first-order valence-electron chi connectivity index (χ1n) is 6.97. The molecule has 1 aromatic carbocycles. The van der Waals surface area contributed by atoms with E-state index in [0.29, 0.717) is 23.4 Å². The lowest BCUT2D eigenvalue weighted by Crippen LogP contribution is -2.22. The van der Waals surface area contributed by atoms with Crippen molar-refractivity contribution in [2.45, 2.75) is 25.4 Å². The van der Waals surface area contributed by atoms with Gasteiger partial charge in [-0.05, 0) is 42.7 Å². The highest BCUT2D eigenvalue weighted by molar-refractivity contribution is 6.32. The minimum absolute atomic E-state index is 0.0624. The molecule has 1 fully saturated rings. The summed E-state index contributed by atoms with van der Waals surface area (Å²) < 4.78 is 5.13. The molecule has 1 heterocycles. The second-order valence-corrected chi connectivity index (χ2v) is 5.64. The average molecular weight is 305 g/mol. The third-order valence-corrected chi connectivity index (χ3v) is 3.91. The van der Waals surface area contributed by atoms with E-state index < -0.39 is 0 Å². The summed E-state index contributed by atoms with van der Waals surface area (Å²) in [7, 11) is 1.57. The van der Waals surface area contributed by atoms with E-state index in [-0.39, 0.29) is 5.56 Å². The van der Waals surface area contributed by atoms with E-state index in [1.54, 1.807) is 19.2 Å². The van der Waals surface area contributed by atoms with Crippen molar-refractivity contribution in [3.8, 4) is 17.0 Å². The van der Waals surface area contributed by atoms with Crippen molar-refractivity contribution in [3.05, 3.63) is 51.3 Å². The molecular weight excluding hydrogens is 288 g/mol. The molecule has 0 amide bonds. The summed E-state index contributed by atoms with van der Waals surface area (Å²) >= 11 is 6.11. The molecule has 3 rings (SSSR count). The molecule has 110 valence electrons. The van der Waals surface area contributed by atoms with Gasteiger partial charge in [-0.2, -0.15) is 0 Å². The summed E-state index contributed by atoms with van der Waals surface area (Å²) in [6.07, 6.45) is 2.42. The van der Waals surface area contributed by atoms with E-state index in [1.807, 2.05) is 18.2 Å². The zero-order valence-electron chi connectivity index (χ0n) is 11.8. The molecule has 0 unspecified atom stereocenters. The van der Waals surface area contributed by atoms with Crippen LogP contribution in [0.2, 0.25) is 5.02 Å². The van der Waals surface area contributed by atoms with Crippen LogP contribution in [0, 0.1) is 0 Å². The number of ether oxygens (including phenoxy) is 1. The van der Waals surface area contributed by atoms with Crippen LogP contribution in [0.15, 0.2) is 35.1 Å². The normalized spacial score (nSPS) is 14.2. The highest BCUT2D eigenvalue weighted by Gasteiger charge is 2.20. The zero-order valence-corrected chi connectivity index (χ0v) is 12.5. The SMILES string of the molecule is COc1ccc(-c2ccc(CNC3CC3)c(=O)[nH]2)cc1Cl. The maximum absolute atomic E-state index is 12.1. The van der Waals surface area contributed by atoms with E-state index >= 15 is 0 Å². The fraction of sp³-hybridized carbons (Fsp3) is 0.312. The fourth-order valence-corrected chi connectivity index (χ4v) is 2.44. The van der Waals surface area contributed by atoms with Crippen molar-refractivity contribution < 1.29 is 4.74 Å². The van der Waals surface area contributed by atoms with Crippen LogP contribution in [0.3, 0.4) is 0 Å². The lowest BCUT2D eigenvalue weighted by Gasteiger charge is -2.08. The van der Waals surface area contributed by atoms with Gasteiger partial charge < -0.3 is 15.0 Å². The van der Waals surface area contributed by atoms with Crippen molar-refractivity contribution in [3.63, 3.8) is 0 Å². The van der Waals surface area contributed by atoms with E-state index in [1.165, 1.54) is 12.8 Å². The summed E-state index contributed by atoms with van der Waals surface area (Å²) in [5, 5.41) is 3.86. The Morgan fingerprint density at radius 2 is 2.14 bits per heavy atom. The zero-order chi connectivity index (χ0) is 14.8. The van der Waals surface area contributed by atoms with Gasteiger partial charge in [-0.15, -0.1) is 0 Å². The van der Waals surface area contributed by atoms with Crippen molar-refractivity contribution in [1.82, 2.24) is 10.3 Å². The van der Waals surface area contributed by atoms with Gasteiger partial charge in [0.05, 0.1) is 12.1 Å². The van der Waals surface area contributed by atoms with Crippen molar-refractivity contribution >= 4 is 11.6 Å². The smallest absolute Gasteiger partial charge is 0.252 e. The van der Waals surface area contributed by atoms with Crippen LogP contribution in [-0.4, -0.2) is 18.1 Å². The standard InChI is InChI=1S/C16H17ClN2O2/c1-21-15-7-3-10(8-13(15)17)14-6-2-11(16(20)19-14)9-18-12-4-5-12/h2-3,6-8,12,18H,4-5,9H2,1H3,(H,19,20). The van der Waals surface area contributed by atoms with Crippen molar-refractivity contribution in [2.75, 3.05) is 7.11 Å². The lowest BCUT2D eigenvalue weighted by molar-refractivity contribution is 0.415. The molecule has 0 saturated heterocycles. The number of halogens is 1. The second kappa shape index (κ2) is 5.92. The summed E-state index contributed by atoms with van der Waals surface area (Å²) in [4.78, 5) is 15.0. The maximum atomic E-state index is 12.1. The van der Waals surface area contributed by atoms with E-state index in [2.05, 4.69) is 10.3 Å². The number of aromatic amines is 1. The molecule has 0 aliphatic heterocycles. The van der Waals surface area contributed by atoms with Gasteiger partial charge in [0.1, 0.15) is 5.75 Å². The number of pyridine rings is 1. The summed E-state index contributed by atoms with van der Waals surface area (Å²) in [6.45, 7) is 0.615. The molecule has 21 heavy (non-hydrogen) atoms. The number of nitrogens with one attached hydrogen (secondary N) is 2. The van der Waals surface area contributed by atoms with Gasteiger partial charge in [-0.1, -0.05) is 17.7 Å². The van der Waals surface area contributed by atoms with Gasteiger partial charge >= 0.3 is 0 Å². The quantitative estimate of drug-likeness (QED) is 0.893. The van der Waals surface area contributed by atoms with E-state index in [4.69, 9.17) is 16.3 Å². The minimum Gasteiger partial charge on any atom is -0.495 e. The predicted octanol–water partition coefficient (Wildman–Crippen LogP) is 2.96. The number of rotatable bonds is 5. The largest absolute Gasteiger partial charge is 0.495 e. The molecule has 0 spiro atoms. The number of hydrogen-bond donors (Lipinski definition) is 2. The summed E-state index contributed by atoms with van der Waals surface area (Å²) in [5.41, 5.74) is 2.30. The molecule has 4 nitrogen and oxygen atoms in total. The Hall–Kier alpha value is -1.78. The third-order valence-electron chi connectivity index (χ3n) is 3.61. The highest BCUT2D eigenvalue weighted by Crippen LogP contribution is 2.29. The van der Waals surface area contributed by atoms with Gasteiger partial charge in [0.2, 0.25) is 0 Å². The second-order valence-electron chi connectivity index (χ2n) is 5.23. The van der Waals surface area contributed by atoms with Crippen LogP contribution >= 0.6 is 11.6 Å². The minimum atomic E-state index is -0.0624. The first-order chi connectivity index (χ1) is 10.2. The summed E-state index contributed by atoms with van der Waals surface area (Å²) in [6, 6.07) is 9.81. The van der Waals surface area contributed by atoms with Crippen LogP contribution in [0.1, 0.15) is 18.4 Å². The Balaban J connectivity index is 1.83. The van der Waals surface area contributed by atoms with Crippen molar-refractivity contribution in [2.24, 2.45) is 0 Å². The lowest BCUT2D eigenvalue weighted by atomic mass is 10.1. The third kappa shape index (κ3) is 3.28. The van der Waals surface area contributed by atoms with Gasteiger partial charge in [0.25, 0.3) is 5.56 Å². The topological polar surface area (TPSA) is 54.1 Å². The highest BCUT2D eigenvalue weighted by atomic mass is 35.5. The fourth-order valence-electron chi connectivity index (χ4n) is 2.19. The van der Waals surface area contributed by atoms with Crippen LogP contribution in [0.5, 0.6) is 5.75 Å². The molecule has 1 aliphatic rings. The molecule has 0 atom stereocenters. The van der Waals surface area contributed by atoms with Gasteiger partial charge in [-0.3, -0.25) is 4.79 Å². The first-order valence-corrected chi connectivity index (χ1v) is 7.34.